The summed E-state index contributed by atoms with van der Waals surface area (Å²) in [5.74, 6) is -0.574. The standard InChI is InChI=1S/C23H24N2O5S/c1-16-5-10-21-19(13-16)20(26)14-22(30-21)23(27)24-15-17-6-8-18(9-7-17)31(28,29)25-11-3-2-4-12-25/h5-10,13-14H,2-4,11-12,15H2,1H3,(H,24,27). The molecule has 1 saturated heterocycles. The second-order valence-corrected chi connectivity index (χ2v) is 9.70. The van der Waals surface area contributed by atoms with Crippen molar-refractivity contribution in [3.05, 3.63) is 75.6 Å². The van der Waals surface area contributed by atoms with Crippen LogP contribution in [0.1, 0.15) is 40.9 Å². The number of rotatable bonds is 5. The van der Waals surface area contributed by atoms with Gasteiger partial charge in [0.15, 0.2) is 11.2 Å². The highest BCUT2D eigenvalue weighted by molar-refractivity contribution is 7.89. The highest BCUT2D eigenvalue weighted by Gasteiger charge is 2.25. The van der Waals surface area contributed by atoms with Crippen molar-refractivity contribution in [2.75, 3.05) is 13.1 Å². The molecule has 7 nitrogen and oxygen atoms in total. The second-order valence-electron chi connectivity index (χ2n) is 7.77. The third-order valence-electron chi connectivity index (χ3n) is 5.44. The predicted molar refractivity (Wildman–Crippen MR) is 117 cm³/mol. The van der Waals surface area contributed by atoms with Gasteiger partial charge in [0.25, 0.3) is 5.91 Å². The van der Waals surface area contributed by atoms with E-state index in [0.717, 1.165) is 30.4 Å². The van der Waals surface area contributed by atoms with Crippen molar-refractivity contribution >= 4 is 26.9 Å². The van der Waals surface area contributed by atoms with Crippen molar-refractivity contribution in [3.63, 3.8) is 0 Å². The Morgan fingerprint density at radius 2 is 1.74 bits per heavy atom. The summed E-state index contributed by atoms with van der Waals surface area (Å²) in [6.07, 6.45) is 2.82. The number of nitrogens with one attached hydrogen (secondary N) is 1. The molecule has 4 rings (SSSR count). The van der Waals surface area contributed by atoms with Crippen LogP contribution in [0.4, 0.5) is 0 Å². The predicted octanol–water partition coefficient (Wildman–Crippen LogP) is 3.21. The zero-order valence-electron chi connectivity index (χ0n) is 17.3. The first kappa shape index (κ1) is 21.3. The van der Waals surface area contributed by atoms with E-state index in [2.05, 4.69) is 5.32 Å². The van der Waals surface area contributed by atoms with E-state index < -0.39 is 15.9 Å². The van der Waals surface area contributed by atoms with Crippen LogP contribution in [0.5, 0.6) is 0 Å². The summed E-state index contributed by atoms with van der Waals surface area (Å²) in [4.78, 5) is 25.0. The number of benzene rings is 2. The van der Waals surface area contributed by atoms with Gasteiger partial charge in [0.2, 0.25) is 10.0 Å². The monoisotopic (exact) mass is 440 g/mol. The molecule has 162 valence electrons. The number of carbonyl (C=O) groups excluding carboxylic acids is 1. The van der Waals surface area contributed by atoms with E-state index in [1.165, 1.54) is 10.4 Å². The molecule has 2 aromatic carbocycles. The van der Waals surface area contributed by atoms with E-state index in [1.807, 2.05) is 13.0 Å². The molecule has 0 spiro atoms. The molecular formula is C23H24N2O5S. The summed E-state index contributed by atoms with van der Waals surface area (Å²) in [6, 6.07) is 12.9. The Balaban J connectivity index is 1.44. The lowest BCUT2D eigenvalue weighted by Gasteiger charge is -2.25. The first-order valence-corrected chi connectivity index (χ1v) is 11.7. The Kier molecular flexibility index (Phi) is 5.93. The lowest BCUT2D eigenvalue weighted by atomic mass is 10.1. The fourth-order valence-corrected chi connectivity index (χ4v) is 5.20. The van der Waals surface area contributed by atoms with Crippen LogP contribution in [0.3, 0.4) is 0 Å². The summed E-state index contributed by atoms with van der Waals surface area (Å²) in [5, 5.41) is 3.14. The van der Waals surface area contributed by atoms with Crippen molar-refractivity contribution < 1.29 is 17.6 Å². The lowest BCUT2D eigenvalue weighted by Crippen LogP contribution is -2.35. The van der Waals surface area contributed by atoms with Gasteiger partial charge in [-0.15, -0.1) is 0 Å². The second kappa shape index (κ2) is 8.64. The summed E-state index contributed by atoms with van der Waals surface area (Å²) in [6.45, 7) is 3.16. The van der Waals surface area contributed by atoms with Crippen LogP contribution in [0, 0.1) is 6.92 Å². The number of hydrogen-bond donors (Lipinski definition) is 1. The maximum absolute atomic E-state index is 12.7. The number of aryl methyl sites for hydroxylation is 1. The number of sulfonamides is 1. The SMILES string of the molecule is Cc1ccc2oc(C(=O)NCc3ccc(S(=O)(=O)N4CCCCC4)cc3)cc(=O)c2c1. The number of nitrogens with zero attached hydrogens (tertiary/aromatic N) is 1. The molecule has 31 heavy (non-hydrogen) atoms. The van der Waals surface area contributed by atoms with Gasteiger partial charge in [-0.2, -0.15) is 4.31 Å². The van der Waals surface area contributed by atoms with E-state index in [0.29, 0.717) is 24.1 Å². The van der Waals surface area contributed by atoms with Crippen LogP contribution < -0.4 is 10.7 Å². The van der Waals surface area contributed by atoms with Gasteiger partial charge in [-0.1, -0.05) is 30.2 Å². The molecule has 1 aliphatic heterocycles. The van der Waals surface area contributed by atoms with Gasteiger partial charge in [0, 0.05) is 25.7 Å². The van der Waals surface area contributed by atoms with Crippen LogP contribution in [0.25, 0.3) is 11.0 Å². The summed E-state index contributed by atoms with van der Waals surface area (Å²) in [7, 11) is -3.49. The summed E-state index contributed by atoms with van der Waals surface area (Å²) >= 11 is 0. The van der Waals surface area contributed by atoms with Gasteiger partial charge in [0.1, 0.15) is 5.58 Å². The molecule has 1 aliphatic rings. The molecule has 0 bridgehead atoms. The summed E-state index contributed by atoms with van der Waals surface area (Å²) in [5.41, 5.74) is 1.75. The number of hydrogen-bond acceptors (Lipinski definition) is 5. The van der Waals surface area contributed by atoms with Crippen LogP contribution in [-0.2, 0) is 16.6 Å². The van der Waals surface area contributed by atoms with Crippen molar-refractivity contribution in [2.45, 2.75) is 37.6 Å². The topological polar surface area (TPSA) is 96.7 Å². The van der Waals surface area contributed by atoms with E-state index in [1.54, 1.807) is 36.4 Å². The van der Waals surface area contributed by atoms with Crippen LogP contribution in [0.2, 0.25) is 0 Å². The average Bonchev–Trinajstić information content (AvgIpc) is 2.78. The number of piperidine rings is 1. The maximum atomic E-state index is 12.7. The largest absolute Gasteiger partial charge is 0.451 e. The molecule has 2 heterocycles. The van der Waals surface area contributed by atoms with Crippen molar-refractivity contribution in [1.82, 2.24) is 9.62 Å². The number of amides is 1. The molecule has 1 N–H and O–H groups in total. The minimum Gasteiger partial charge on any atom is -0.451 e. The Morgan fingerprint density at radius 3 is 2.45 bits per heavy atom. The van der Waals surface area contributed by atoms with Crippen molar-refractivity contribution in [3.8, 4) is 0 Å². The quantitative estimate of drug-likeness (QED) is 0.657. The molecule has 0 aliphatic carbocycles. The van der Waals surface area contributed by atoms with Gasteiger partial charge < -0.3 is 9.73 Å². The Bertz CT molecular complexity index is 1270. The Hall–Kier alpha value is -2.97. The normalized spacial score (nSPS) is 15.1. The molecule has 8 heteroatoms. The smallest absolute Gasteiger partial charge is 0.287 e. The van der Waals surface area contributed by atoms with E-state index in [9.17, 15) is 18.0 Å². The first-order valence-electron chi connectivity index (χ1n) is 10.3. The van der Waals surface area contributed by atoms with Gasteiger partial charge >= 0.3 is 0 Å². The van der Waals surface area contributed by atoms with Crippen LogP contribution >= 0.6 is 0 Å². The Morgan fingerprint density at radius 1 is 1.03 bits per heavy atom. The minimum atomic E-state index is -3.49. The van der Waals surface area contributed by atoms with Crippen LogP contribution in [-0.4, -0.2) is 31.7 Å². The Labute approximate surface area is 180 Å². The van der Waals surface area contributed by atoms with E-state index >= 15 is 0 Å². The molecule has 0 atom stereocenters. The van der Waals surface area contributed by atoms with Gasteiger partial charge in [-0.25, -0.2) is 8.42 Å². The fourth-order valence-electron chi connectivity index (χ4n) is 3.69. The molecule has 3 aromatic rings. The molecule has 1 fully saturated rings. The third kappa shape index (κ3) is 4.55. The van der Waals surface area contributed by atoms with Gasteiger partial charge in [-0.05, 0) is 49.6 Å². The minimum absolute atomic E-state index is 0.0642. The van der Waals surface area contributed by atoms with Crippen molar-refractivity contribution in [1.29, 1.82) is 0 Å². The maximum Gasteiger partial charge on any atom is 0.287 e. The van der Waals surface area contributed by atoms with E-state index in [-0.39, 0.29) is 22.6 Å². The lowest BCUT2D eigenvalue weighted by molar-refractivity contribution is 0.0923. The first-order chi connectivity index (χ1) is 14.8. The zero-order valence-corrected chi connectivity index (χ0v) is 18.1. The molecule has 0 saturated carbocycles. The average molecular weight is 441 g/mol. The molecule has 1 amide bonds. The molecule has 0 radical (unpaired) electrons. The van der Waals surface area contributed by atoms with Crippen LogP contribution in [0.15, 0.2) is 62.6 Å². The highest BCUT2D eigenvalue weighted by atomic mass is 32.2. The third-order valence-corrected chi connectivity index (χ3v) is 7.35. The molecule has 1 aromatic heterocycles. The number of fused-ring (bicyclic) bond motifs is 1. The van der Waals surface area contributed by atoms with Gasteiger partial charge in [-0.3, -0.25) is 9.59 Å². The highest BCUT2D eigenvalue weighted by Crippen LogP contribution is 2.21. The van der Waals surface area contributed by atoms with E-state index in [4.69, 9.17) is 4.42 Å². The number of carbonyl (C=O) groups is 1. The summed E-state index contributed by atoms with van der Waals surface area (Å²) < 4.78 is 32.6. The molecule has 0 unspecified atom stereocenters. The zero-order chi connectivity index (χ0) is 22.0. The van der Waals surface area contributed by atoms with Gasteiger partial charge in [0.05, 0.1) is 10.3 Å². The fraction of sp³-hybridized carbons (Fsp3) is 0.304. The molecular weight excluding hydrogens is 416 g/mol. The van der Waals surface area contributed by atoms with Crippen molar-refractivity contribution in [2.24, 2.45) is 0 Å².